The first-order valence-electron chi connectivity index (χ1n) is 5.65. The van der Waals surface area contributed by atoms with Gasteiger partial charge in [-0.3, -0.25) is 10.1 Å². The van der Waals surface area contributed by atoms with Gasteiger partial charge in [0.1, 0.15) is 0 Å². The maximum absolute atomic E-state index is 10.4. The van der Waals surface area contributed by atoms with Crippen LogP contribution in [-0.2, 0) is 0 Å². The van der Waals surface area contributed by atoms with Crippen LogP contribution in [0.5, 0.6) is 0 Å². The molecule has 0 bridgehead atoms. The van der Waals surface area contributed by atoms with Crippen LogP contribution in [0.1, 0.15) is 6.92 Å². The lowest BCUT2D eigenvalue weighted by atomic mass is 10.2. The van der Waals surface area contributed by atoms with Gasteiger partial charge in [0.2, 0.25) is 0 Å². The Morgan fingerprint density at radius 3 is 2.35 bits per heavy atom. The number of likely N-dealkylation sites (N-methyl/N-ethyl adjacent to an activating group) is 1. The number of nitro groups is 1. The van der Waals surface area contributed by atoms with E-state index in [1.165, 1.54) is 6.08 Å². The van der Waals surface area contributed by atoms with Crippen molar-refractivity contribution in [3.05, 3.63) is 46.3 Å². The summed E-state index contributed by atoms with van der Waals surface area (Å²) in [6, 6.07) is 0. The van der Waals surface area contributed by atoms with Crippen molar-refractivity contribution in [2.24, 2.45) is 0 Å². The molecular formula is C12H19N3O2. The van der Waals surface area contributed by atoms with Crippen LogP contribution in [0.4, 0.5) is 0 Å². The van der Waals surface area contributed by atoms with Crippen LogP contribution < -0.4 is 0 Å². The van der Waals surface area contributed by atoms with Gasteiger partial charge in [-0.05, 0) is 26.6 Å². The van der Waals surface area contributed by atoms with Crippen LogP contribution in [0.15, 0.2) is 36.2 Å². The summed E-state index contributed by atoms with van der Waals surface area (Å²) in [5, 5.41) is 10.4. The zero-order chi connectivity index (χ0) is 12.8. The van der Waals surface area contributed by atoms with E-state index in [4.69, 9.17) is 0 Å². The minimum Gasteiger partial charge on any atom is -0.369 e. The zero-order valence-corrected chi connectivity index (χ0v) is 10.4. The molecule has 0 saturated carbocycles. The van der Waals surface area contributed by atoms with Gasteiger partial charge in [-0.2, -0.15) is 0 Å². The Morgan fingerprint density at radius 1 is 1.29 bits per heavy atom. The van der Waals surface area contributed by atoms with Crippen molar-refractivity contribution in [3.8, 4) is 0 Å². The van der Waals surface area contributed by atoms with Gasteiger partial charge in [0.05, 0.1) is 4.92 Å². The fraction of sp³-hybridized carbons (Fsp3) is 0.500. The number of piperazine rings is 1. The fourth-order valence-electron chi connectivity index (χ4n) is 1.69. The molecule has 0 aromatic carbocycles. The molecule has 1 fully saturated rings. The molecule has 1 heterocycles. The van der Waals surface area contributed by atoms with Crippen LogP contribution in [0, 0.1) is 10.1 Å². The van der Waals surface area contributed by atoms with Gasteiger partial charge >= 0.3 is 0 Å². The van der Waals surface area contributed by atoms with Crippen molar-refractivity contribution in [2.75, 3.05) is 33.2 Å². The highest BCUT2D eigenvalue weighted by Gasteiger charge is 2.14. The molecule has 5 nitrogen and oxygen atoms in total. The standard InChI is InChI=1S/C12H19N3O2/c1-4-12(6-5-11(2)15(16)17)14-9-7-13(3)8-10-14/h4-6H,2,7-10H2,1,3H3/b6-5-,12-4+. The smallest absolute Gasteiger partial charge is 0.262 e. The summed E-state index contributed by atoms with van der Waals surface area (Å²) >= 11 is 0. The van der Waals surface area contributed by atoms with E-state index in [1.54, 1.807) is 6.08 Å². The maximum atomic E-state index is 10.4. The van der Waals surface area contributed by atoms with Crippen LogP contribution in [0.25, 0.3) is 0 Å². The van der Waals surface area contributed by atoms with Crippen LogP contribution in [0.3, 0.4) is 0 Å². The molecule has 1 rings (SSSR count). The van der Waals surface area contributed by atoms with Gasteiger partial charge in [-0.25, -0.2) is 0 Å². The normalized spacial score (nSPS) is 18.7. The SMILES string of the molecule is C=C(/C=C\C(=C/C)N1CCN(C)CC1)[N+](=O)[O-]. The van der Waals surface area contributed by atoms with E-state index in [-0.39, 0.29) is 5.70 Å². The molecule has 0 N–H and O–H groups in total. The van der Waals surface area contributed by atoms with E-state index >= 15 is 0 Å². The lowest BCUT2D eigenvalue weighted by Crippen LogP contribution is -2.43. The monoisotopic (exact) mass is 237 g/mol. The second kappa shape index (κ2) is 6.20. The van der Waals surface area contributed by atoms with E-state index in [0.717, 1.165) is 31.9 Å². The van der Waals surface area contributed by atoms with Gasteiger partial charge < -0.3 is 9.80 Å². The summed E-state index contributed by atoms with van der Waals surface area (Å²) in [6.45, 7) is 9.25. The van der Waals surface area contributed by atoms with Crippen molar-refractivity contribution in [1.29, 1.82) is 0 Å². The second-order valence-electron chi connectivity index (χ2n) is 4.09. The molecule has 1 aliphatic rings. The number of hydrogen-bond acceptors (Lipinski definition) is 4. The molecule has 5 heteroatoms. The van der Waals surface area contributed by atoms with Crippen molar-refractivity contribution < 1.29 is 4.92 Å². The molecule has 0 radical (unpaired) electrons. The van der Waals surface area contributed by atoms with E-state index < -0.39 is 4.92 Å². The van der Waals surface area contributed by atoms with E-state index in [0.29, 0.717) is 0 Å². The summed E-state index contributed by atoms with van der Waals surface area (Å²) in [6.07, 6.45) is 5.18. The molecule has 0 atom stereocenters. The van der Waals surface area contributed by atoms with Gasteiger partial charge in [-0.1, -0.05) is 6.08 Å². The quantitative estimate of drug-likeness (QED) is 0.422. The van der Waals surface area contributed by atoms with Crippen LogP contribution >= 0.6 is 0 Å². The molecule has 0 amide bonds. The second-order valence-corrected chi connectivity index (χ2v) is 4.09. The predicted molar refractivity (Wildman–Crippen MR) is 68.1 cm³/mol. The Labute approximate surface area is 102 Å². The summed E-state index contributed by atoms with van der Waals surface area (Å²) < 4.78 is 0. The molecule has 94 valence electrons. The maximum Gasteiger partial charge on any atom is 0.262 e. The van der Waals surface area contributed by atoms with Crippen molar-refractivity contribution >= 4 is 0 Å². The zero-order valence-electron chi connectivity index (χ0n) is 10.4. The molecule has 0 aromatic heterocycles. The fourth-order valence-corrected chi connectivity index (χ4v) is 1.69. The summed E-state index contributed by atoms with van der Waals surface area (Å²) in [7, 11) is 2.09. The molecule has 0 aliphatic carbocycles. The molecular weight excluding hydrogens is 218 g/mol. The largest absolute Gasteiger partial charge is 0.369 e. The minimum absolute atomic E-state index is 0.0847. The lowest BCUT2D eigenvalue weighted by Gasteiger charge is -2.34. The van der Waals surface area contributed by atoms with E-state index in [1.807, 2.05) is 13.0 Å². The minimum atomic E-state index is -0.478. The van der Waals surface area contributed by atoms with Gasteiger partial charge in [0.15, 0.2) is 0 Å². The molecule has 1 aliphatic heterocycles. The topological polar surface area (TPSA) is 49.6 Å². The average molecular weight is 237 g/mol. The first kappa shape index (κ1) is 13.4. The first-order valence-corrected chi connectivity index (χ1v) is 5.65. The molecule has 0 unspecified atom stereocenters. The Bertz CT molecular complexity index is 353. The Morgan fingerprint density at radius 2 is 1.88 bits per heavy atom. The number of allylic oxidation sites excluding steroid dienone is 3. The van der Waals surface area contributed by atoms with Crippen molar-refractivity contribution in [1.82, 2.24) is 9.80 Å². The third-order valence-electron chi connectivity index (χ3n) is 2.85. The van der Waals surface area contributed by atoms with E-state index in [2.05, 4.69) is 23.4 Å². The van der Waals surface area contributed by atoms with Gasteiger partial charge in [0.25, 0.3) is 5.70 Å². The molecule has 1 saturated heterocycles. The van der Waals surface area contributed by atoms with Gasteiger partial charge in [0, 0.05) is 38.0 Å². The Hall–Kier alpha value is -1.62. The summed E-state index contributed by atoms with van der Waals surface area (Å²) in [4.78, 5) is 14.4. The summed E-state index contributed by atoms with van der Waals surface area (Å²) in [5.74, 6) is 0. The molecule has 0 spiro atoms. The molecule has 17 heavy (non-hydrogen) atoms. The van der Waals surface area contributed by atoms with Crippen molar-refractivity contribution in [3.63, 3.8) is 0 Å². The third kappa shape index (κ3) is 4.03. The number of rotatable bonds is 4. The van der Waals surface area contributed by atoms with E-state index in [9.17, 15) is 10.1 Å². The molecule has 0 aromatic rings. The summed E-state index contributed by atoms with van der Waals surface area (Å²) in [5.41, 5.74) is 0.930. The Kier molecular flexibility index (Phi) is 4.90. The average Bonchev–Trinajstić information content (AvgIpc) is 2.31. The van der Waals surface area contributed by atoms with Crippen LogP contribution in [0.2, 0.25) is 0 Å². The number of hydrogen-bond donors (Lipinski definition) is 0. The number of nitrogens with zero attached hydrogens (tertiary/aromatic N) is 3. The predicted octanol–water partition coefficient (Wildman–Crippen LogP) is 1.48. The Balaban J connectivity index is 2.61. The highest BCUT2D eigenvalue weighted by atomic mass is 16.6. The van der Waals surface area contributed by atoms with Crippen LogP contribution in [-0.4, -0.2) is 47.9 Å². The lowest BCUT2D eigenvalue weighted by molar-refractivity contribution is -0.418. The first-order chi connectivity index (χ1) is 8.04. The highest BCUT2D eigenvalue weighted by molar-refractivity contribution is 5.22. The third-order valence-corrected chi connectivity index (χ3v) is 2.85. The highest BCUT2D eigenvalue weighted by Crippen LogP contribution is 2.11. The van der Waals surface area contributed by atoms with Gasteiger partial charge in [-0.15, -0.1) is 0 Å². The van der Waals surface area contributed by atoms with Crippen molar-refractivity contribution in [2.45, 2.75) is 6.92 Å².